The van der Waals surface area contributed by atoms with Crippen molar-refractivity contribution in [3.63, 3.8) is 0 Å². The average Bonchev–Trinajstić information content (AvgIpc) is 3.21. The zero-order valence-corrected chi connectivity index (χ0v) is 21.4. The molecule has 0 radical (unpaired) electrons. The Labute approximate surface area is 195 Å². The quantitative estimate of drug-likeness (QED) is 0.681. The van der Waals surface area contributed by atoms with E-state index in [-0.39, 0.29) is 16.7 Å². The van der Waals surface area contributed by atoms with Gasteiger partial charge >= 0.3 is 0 Å². The van der Waals surface area contributed by atoms with Crippen molar-refractivity contribution in [3.8, 4) is 0 Å². The minimum absolute atomic E-state index is 0.0349. The van der Waals surface area contributed by atoms with Crippen molar-refractivity contribution >= 4 is 18.7 Å². The Bertz CT molecular complexity index is 831. The van der Waals surface area contributed by atoms with E-state index in [2.05, 4.69) is 105 Å². The number of piperazine rings is 1. The summed E-state index contributed by atoms with van der Waals surface area (Å²) in [5.74, 6) is 0. The zero-order valence-electron chi connectivity index (χ0n) is 20.4. The summed E-state index contributed by atoms with van der Waals surface area (Å²) in [6.45, 7) is 16.2. The minimum Gasteiger partial charge on any atom is -0.400 e. The zero-order chi connectivity index (χ0) is 22.8. The number of nitrogens with zero attached hydrogens (tertiary/aromatic N) is 1. The number of benzene rings is 2. The van der Waals surface area contributed by atoms with Gasteiger partial charge in [0.15, 0.2) is 0 Å². The summed E-state index contributed by atoms with van der Waals surface area (Å²) in [4.78, 5) is 2.68. The van der Waals surface area contributed by atoms with Gasteiger partial charge in [0.05, 0.1) is 24.9 Å². The molecule has 3 atom stereocenters. The molecule has 0 amide bonds. The maximum absolute atomic E-state index is 7.60. The molecule has 2 aromatic carbocycles. The van der Waals surface area contributed by atoms with Gasteiger partial charge in [-0.05, 0) is 28.8 Å². The largest absolute Gasteiger partial charge is 0.400 e. The number of hydrogen-bond acceptors (Lipinski definition) is 4. The standard InChI is InChI=1S/C27H40N2O2Si/c1-6-27(29-18-17-28-19-22(29)2)21-30-20-25(27)31-32(26(3,4)5,23-13-9-7-10-14-23)24-15-11-8-12-16-24/h7-16,22,25,28H,6,17-21H2,1-5H3/t22-,25-,27+/m0/s1. The third kappa shape index (κ3) is 3.99. The van der Waals surface area contributed by atoms with Crippen molar-refractivity contribution in [1.82, 2.24) is 10.2 Å². The van der Waals surface area contributed by atoms with E-state index in [1.54, 1.807) is 0 Å². The predicted molar refractivity (Wildman–Crippen MR) is 135 cm³/mol. The Hall–Kier alpha value is -1.50. The first-order chi connectivity index (χ1) is 15.3. The van der Waals surface area contributed by atoms with Gasteiger partial charge in [-0.25, -0.2) is 0 Å². The van der Waals surface area contributed by atoms with Gasteiger partial charge < -0.3 is 14.5 Å². The SMILES string of the molecule is CC[C@@]1(N2CCNC[C@@H]2C)COC[C@@H]1O[Si](c1ccccc1)(c1ccccc1)C(C)(C)C. The monoisotopic (exact) mass is 452 g/mol. The lowest BCUT2D eigenvalue weighted by Crippen LogP contribution is -2.72. The summed E-state index contributed by atoms with van der Waals surface area (Å²) in [5.41, 5.74) is -0.0887. The summed E-state index contributed by atoms with van der Waals surface area (Å²) >= 11 is 0. The number of hydrogen-bond donors (Lipinski definition) is 1. The highest BCUT2D eigenvalue weighted by atomic mass is 28.4. The van der Waals surface area contributed by atoms with Crippen molar-refractivity contribution < 1.29 is 9.16 Å². The summed E-state index contributed by atoms with van der Waals surface area (Å²) < 4.78 is 13.8. The molecule has 1 N–H and O–H groups in total. The summed E-state index contributed by atoms with van der Waals surface area (Å²) in [5, 5.41) is 6.19. The molecular formula is C27H40N2O2Si. The van der Waals surface area contributed by atoms with E-state index in [1.165, 1.54) is 10.4 Å². The van der Waals surface area contributed by atoms with Crippen LogP contribution in [-0.4, -0.2) is 63.8 Å². The smallest absolute Gasteiger partial charge is 0.261 e. The average molecular weight is 453 g/mol. The van der Waals surface area contributed by atoms with E-state index in [0.717, 1.165) is 32.7 Å². The van der Waals surface area contributed by atoms with Crippen molar-refractivity contribution in [1.29, 1.82) is 0 Å². The van der Waals surface area contributed by atoms with E-state index >= 15 is 0 Å². The molecule has 2 heterocycles. The second-order valence-electron chi connectivity index (χ2n) is 10.5. The molecule has 32 heavy (non-hydrogen) atoms. The minimum atomic E-state index is -2.63. The van der Waals surface area contributed by atoms with Gasteiger partial charge in [-0.1, -0.05) is 88.4 Å². The van der Waals surface area contributed by atoms with Crippen molar-refractivity contribution in [2.24, 2.45) is 0 Å². The molecule has 4 nitrogen and oxygen atoms in total. The van der Waals surface area contributed by atoms with Crippen LogP contribution in [0.3, 0.4) is 0 Å². The number of rotatable bonds is 6. The summed E-state index contributed by atoms with van der Waals surface area (Å²) in [6.07, 6.45) is 1.07. The fraction of sp³-hybridized carbons (Fsp3) is 0.556. The van der Waals surface area contributed by atoms with Gasteiger partial charge in [0, 0.05) is 25.7 Å². The lowest BCUT2D eigenvalue weighted by atomic mass is 9.88. The van der Waals surface area contributed by atoms with Crippen molar-refractivity contribution in [2.45, 2.75) is 63.8 Å². The first kappa shape index (κ1) is 23.6. The van der Waals surface area contributed by atoms with E-state index in [4.69, 9.17) is 9.16 Å². The normalized spacial score (nSPS) is 27.5. The molecule has 174 valence electrons. The number of nitrogens with one attached hydrogen (secondary N) is 1. The molecule has 0 spiro atoms. The molecule has 0 unspecified atom stereocenters. The molecule has 2 saturated heterocycles. The highest BCUT2D eigenvalue weighted by Gasteiger charge is 2.57. The summed E-state index contributed by atoms with van der Waals surface area (Å²) in [6, 6.07) is 22.4. The number of ether oxygens (including phenoxy) is 1. The Morgan fingerprint density at radius 2 is 1.66 bits per heavy atom. The van der Waals surface area contributed by atoms with Gasteiger partial charge in [-0.2, -0.15) is 0 Å². The van der Waals surface area contributed by atoms with Crippen LogP contribution in [-0.2, 0) is 9.16 Å². The third-order valence-corrected chi connectivity index (χ3v) is 12.7. The molecule has 0 saturated carbocycles. The first-order valence-corrected chi connectivity index (χ1v) is 14.1. The maximum atomic E-state index is 7.60. The third-order valence-electron chi connectivity index (χ3n) is 7.64. The molecule has 0 bridgehead atoms. The van der Waals surface area contributed by atoms with Gasteiger partial charge in [-0.15, -0.1) is 0 Å². The van der Waals surface area contributed by atoms with Gasteiger partial charge in [-0.3, -0.25) is 4.90 Å². The van der Waals surface area contributed by atoms with E-state index in [1.807, 2.05) is 0 Å². The lowest BCUT2D eigenvalue weighted by molar-refractivity contribution is -0.0290. The van der Waals surface area contributed by atoms with Crippen LogP contribution in [0.15, 0.2) is 60.7 Å². The highest BCUT2D eigenvalue weighted by molar-refractivity contribution is 6.99. The highest BCUT2D eigenvalue weighted by Crippen LogP contribution is 2.42. The fourth-order valence-corrected chi connectivity index (χ4v) is 10.7. The topological polar surface area (TPSA) is 33.7 Å². The second kappa shape index (κ2) is 9.39. The van der Waals surface area contributed by atoms with Crippen LogP contribution in [0.5, 0.6) is 0 Å². The van der Waals surface area contributed by atoms with E-state index in [0.29, 0.717) is 12.6 Å². The van der Waals surface area contributed by atoms with E-state index < -0.39 is 8.32 Å². The van der Waals surface area contributed by atoms with Crippen LogP contribution in [0.1, 0.15) is 41.0 Å². The van der Waals surface area contributed by atoms with Gasteiger partial charge in [0.1, 0.15) is 0 Å². The molecule has 5 heteroatoms. The van der Waals surface area contributed by atoms with Gasteiger partial charge in [0.25, 0.3) is 8.32 Å². The van der Waals surface area contributed by atoms with Crippen LogP contribution < -0.4 is 15.7 Å². The molecule has 2 fully saturated rings. The molecule has 0 aliphatic carbocycles. The first-order valence-electron chi connectivity index (χ1n) is 12.2. The second-order valence-corrected chi connectivity index (χ2v) is 14.7. The molecule has 0 aromatic heterocycles. The van der Waals surface area contributed by atoms with Crippen LogP contribution in [0.25, 0.3) is 0 Å². The Morgan fingerprint density at radius 3 is 2.16 bits per heavy atom. The molecule has 2 aromatic rings. The Kier molecular flexibility index (Phi) is 6.94. The predicted octanol–water partition coefficient (Wildman–Crippen LogP) is 3.40. The fourth-order valence-electron chi connectivity index (χ4n) is 5.94. The Morgan fingerprint density at radius 1 is 1.06 bits per heavy atom. The van der Waals surface area contributed by atoms with Gasteiger partial charge in [0.2, 0.25) is 0 Å². The van der Waals surface area contributed by atoms with Crippen molar-refractivity contribution in [2.75, 3.05) is 32.8 Å². The molecule has 4 rings (SSSR count). The van der Waals surface area contributed by atoms with Crippen LogP contribution in [0.4, 0.5) is 0 Å². The van der Waals surface area contributed by atoms with Crippen LogP contribution >= 0.6 is 0 Å². The molecular weight excluding hydrogens is 412 g/mol. The molecule has 2 aliphatic rings. The summed E-state index contributed by atoms with van der Waals surface area (Å²) in [7, 11) is -2.63. The molecule has 2 aliphatic heterocycles. The maximum Gasteiger partial charge on any atom is 0.261 e. The Balaban J connectivity index is 1.84. The lowest BCUT2D eigenvalue weighted by Gasteiger charge is -2.52. The van der Waals surface area contributed by atoms with Crippen LogP contribution in [0, 0.1) is 0 Å². The van der Waals surface area contributed by atoms with Crippen molar-refractivity contribution in [3.05, 3.63) is 60.7 Å². The van der Waals surface area contributed by atoms with E-state index in [9.17, 15) is 0 Å². The van der Waals surface area contributed by atoms with Crippen LogP contribution in [0.2, 0.25) is 5.04 Å².